The molecule has 1 aliphatic heterocycles. The van der Waals surface area contributed by atoms with Gasteiger partial charge in [0, 0.05) is 37.1 Å². The van der Waals surface area contributed by atoms with Crippen molar-refractivity contribution in [2.45, 2.75) is 6.54 Å². The molecule has 4 rings (SSSR count). The lowest BCUT2D eigenvalue weighted by atomic mass is 10.1. The van der Waals surface area contributed by atoms with Gasteiger partial charge in [-0.05, 0) is 54.1 Å². The molecule has 138 valence electrons. The summed E-state index contributed by atoms with van der Waals surface area (Å²) >= 11 is 0. The highest BCUT2D eigenvalue weighted by Crippen LogP contribution is 2.19. The SMILES string of the molecule is O=C(NCc1ccnc(-c2ccco2)c1)c1ccc(N2CCOCC2)cc1. The van der Waals surface area contributed by atoms with Gasteiger partial charge < -0.3 is 19.4 Å². The Bertz CT molecular complexity index is 885. The van der Waals surface area contributed by atoms with E-state index in [0.717, 1.165) is 43.2 Å². The molecule has 0 saturated carbocycles. The number of carbonyl (C=O) groups excluding carboxylic acids is 1. The van der Waals surface area contributed by atoms with E-state index in [9.17, 15) is 4.79 Å². The second-order valence-corrected chi connectivity index (χ2v) is 6.36. The fraction of sp³-hybridized carbons (Fsp3) is 0.238. The number of morpholine rings is 1. The zero-order valence-electron chi connectivity index (χ0n) is 14.9. The Hall–Kier alpha value is -3.12. The Morgan fingerprint density at radius 2 is 1.93 bits per heavy atom. The molecule has 3 aromatic rings. The average molecular weight is 363 g/mol. The van der Waals surface area contributed by atoms with Crippen LogP contribution >= 0.6 is 0 Å². The number of nitrogens with zero attached hydrogens (tertiary/aromatic N) is 2. The predicted molar refractivity (Wildman–Crippen MR) is 103 cm³/mol. The third-order valence-corrected chi connectivity index (χ3v) is 4.56. The molecule has 0 unspecified atom stereocenters. The lowest BCUT2D eigenvalue weighted by Crippen LogP contribution is -2.36. The number of nitrogens with one attached hydrogen (secondary N) is 1. The van der Waals surface area contributed by atoms with Gasteiger partial charge in [-0.1, -0.05) is 0 Å². The second kappa shape index (κ2) is 8.05. The molecule has 2 aromatic heterocycles. The van der Waals surface area contributed by atoms with Crippen molar-refractivity contribution in [3.05, 3.63) is 72.1 Å². The van der Waals surface area contributed by atoms with Crippen LogP contribution in [0.15, 0.2) is 65.4 Å². The van der Waals surface area contributed by atoms with Crippen molar-refractivity contribution in [2.24, 2.45) is 0 Å². The number of furan rings is 1. The lowest BCUT2D eigenvalue weighted by Gasteiger charge is -2.28. The molecule has 1 amide bonds. The highest BCUT2D eigenvalue weighted by Gasteiger charge is 2.12. The lowest BCUT2D eigenvalue weighted by molar-refractivity contribution is 0.0951. The van der Waals surface area contributed by atoms with Crippen LogP contribution in [0, 0.1) is 0 Å². The number of anilines is 1. The minimum absolute atomic E-state index is 0.0973. The number of rotatable bonds is 5. The van der Waals surface area contributed by atoms with E-state index in [0.29, 0.717) is 17.9 Å². The molecule has 0 bridgehead atoms. The number of carbonyl (C=O) groups is 1. The first kappa shape index (κ1) is 17.3. The standard InChI is InChI=1S/C21H21N3O3/c25-21(17-3-5-18(6-4-17)24-9-12-26-13-10-24)23-15-16-7-8-22-19(14-16)20-2-1-11-27-20/h1-8,11,14H,9-10,12-13,15H2,(H,23,25). The largest absolute Gasteiger partial charge is 0.463 e. The van der Waals surface area contributed by atoms with Crippen LogP contribution in [0.5, 0.6) is 0 Å². The number of aromatic nitrogens is 1. The molecule has 1 fully saturated rings. The van der Waals surface area contributed by atoms with Gasteiger partial charge in [-0.2, -0.15) is 0 Å². The number of benzene rings is 1. The molecule has 27 heavy (non-hydrogen) atoms. The van der Waals surface area contributed by atoms with Gasteiger partial charge in [-0.3, -0.25) is 9.78 Å². The molecule has 3 heterocycles. The maximum absolute atomic E-state index is 12.4. The van der Waals surface area contributed by atoms with Crippen LogP contribution in [0.25, 0.3) is 11.5 Å². The Morgan fingerprint density at radius 1 is 1.11 bits per heavy atom. The highest BCUT2D eigenvalue weighted by molar-refractivity contribution is 5.94. The van der Waals surface area contributed by atoms with Crippen molar-refractivity contribution in [3.8, 4) is 11.5 Å². The number of pyridine rings is 1. The van der Waals surface area contributed by atoms with Gasteiger partial charge in [0.25, 0.3) is 5.91 Å². The Morgan fingerprint density at radius 3 is 2.67 bits per heavy atom. The minimum atomic E-state index is -0.0973. The average Bonchev–Trinajstić information content (AvgIpc) is 3.28. The van der Waals surface area contributed by atoms with E-state index in [1.54, 1.807) is 12.5 Å². The van der Waals surface area contributed by atoms with E-state index in [2.05, 4.69) is 15.2 Å². The molecule has 1 saturated heterocycles. The van der Waals surface area contributed by atoms with Crippen LogP contribution < -0.4 is 10.2 Å². The third kappa shape index (κ3) is 4.17. The molecule has 1 aliphatic rings. The van der Waals surface area contributed by atoms with Crippen LogP contribution in [0.4, 0.5) is 5.69 Å². The number of hydrogen-bond acceptors (Lipinski definition) is 5. The quantitative estimate of drug-likeness (QED) is 0.754. The second-order valence-electron chi connectivity index (χ2n) is 6.36. The molecule has 0 spiro atoms. The van der Waals surface area contributed by atoms with Crippen LogP contribution in [0.2, 0.25) is 0 Å². The summed E-state index contributed by atoms with van der Waals surface area (Å²) in [6, 6.07) is 15.2. The zero-order valence-corrected chi connectivity index (χ0v) is 14.9. The van der Waals surface area contributed by atoms with E-state index >= 15 is 0 Å². The van der Waals surface area contributed by atoms with Gasteiger partial charge in [0.2, 0.25) is 0 Å². The van der Waals surface area contributed by atoms with E-state index < -0.39 is 0 Å². The smallest absolute Gasteiger partial charge is 0.251 e. The molecular formula is C21H21N3O3. The Kier molecular flexibility index (Phi) is 5.16. The van der Waals surface area contributed by atoms with Crippen molar-refractivity contribution in [1.29, 1.82) is 0 Å². The molecule has 1 N–H and O–H groups in total. The van der Waals surface area contributed by atoms with E-state index in [-0.39, 0.29) is 5.91 Å². The summed E-state index contributed by atoms with van der Waals surface area (Å²) in [7, 11) is 0. The van der Waals surface area contributed by atoms with Crippen LogP contribution in [0.1, 0.15) is 15.9 Å². The van der Waals surface area contributed by atoms with Crippen molar-refractivity contribution in [3.63, 3.8) is 0 Å². The Labute approximate surface area is 157 Å². The van der Waals surface area contributed by atoms with Crippen molar-refractivity contribution >= 4 is 11.6 Å². The molecule has 0 atom stereocenters. The van der Waals surface area contributed by atoms with Gasteiger partial charge in [-0.15, -0.1) is 0 Å². The Balaban J connectivity index is 1.37. The molecule has 1 aromatic carbocycles. The number of amides is 1. The van der Waals surface area contributed by atoms with E-state index in [4.69, 9.17) is 9.15 Å². The summed E-state index contributed by atoms with van der Waals surface area (Å²) in [5.41, 5.74) is 3.48. The first-order valence-corrected chi connectivity index (χ1v) is 8.99. The van der Waals surface area contributed by atoms with Crippen LogP contribution in [0.3, 0.4) is 0 Å². The molecule has 6 nitrogen and oxygen atoms in total. The van der Waals surface area contributed by atoms with Gasteiger partial charge in [-0.25, -0.2) is 0 Å². The molecule has 0 radical (unpaired) electrons. The van der Waals surface area contributed by atoms with Crippen molar-refractivity contribution < 1.29 is 13.9 Å². The maximum atomic E-state index is 12.4. The molecular weight excluding hydrogens is 342 g/mol. The van der Waals surface area contributed by atoms with E-state index in [1.165, 1.54) is 0 Å². The minimum Gasteiger partial charge on any atom is -0.463 e. The van der Waals surface area contributed by atoms with Crippen LogP contribution in [-0.2, 0) is 11.3 Å². The van der Waals surface area contributed by atoms with Crippen molar-refractivity contribution in [2.75, 3.05) is 31.2 Å². The summed E-state index contributed by atoms with van der Waals surface area (Å²) in [5, 5.41) is 2.96. The number of ether oxygens (including phenoxy) is 1. The monoisotopic (exact) mass is 363 g/mol. The first-order valence-electron chi connectivity index (χ1n) is 8.99. The van der Waals surface area contributed by atoms with E-state index in [1.807, 2.05) is 48.5 Å². The normalized spacial score (nSPS) is 14.1. The number of hydrogen-bond donors (Lipinski definition) is 1. The summed E-state index contributed by atoms with van der Waals surface area (Å²) in [6.07, 6.45) is 3.34. The van der Waals surface area contributed by atoms with Gasteiger partial charge in [0.15, 0.2) is 5.76 Å². The summed E-state index contributed by atoms with van der Waals surface area (Å²) in [6.45, 7) is 3.68. The predicted octanol–water partition coefficient (Wildman–Crippen LogP) is 3.11. The summed E-state index contributed by atoms with van der Waals surface area (Å²) in [5.74, 6) is 0.613. The van der Waals surface area contributed by atoms with Crippen molar-refractivity contribution in [1.82, 2.24) is 10.3 Å². The maximum Gasteiger partial charge on any atom is 0.251 e. The van der Waals surface area contributed by atoms with Crippen LogP contribution in [-0.4, -0.2) is 37.2 Å². The van der Waals surface area contributed by atoms with Gasteiger partial charge >= 0.3 is 0 Å². The third-order valence-electron chi connectivity index (χ3n) is 4.56. The zero-order chi connectivity index (χ0) is 18.5. The summed E-state index contributed by atoms with van der Waals surface area (Å²) < 4.78 is 10.7. The summed E-state index contributed by atoms with van der Waals surface area (Å²) in [4.78, 5) is 19.0. The fourth-order valence-corrected chi connectivity index (χ4v) is 3.07. The van der Waals surface area contributed by atoms with Gasteiger partial charge in [0.1, 0.15) is 5.69 Å². The van der Waals surface area contributed by atoms with Gasteiger partial charge in [0.05, 0.1) is 19.5 Å². The fourth-order valence-electron chi connectivity index (χ4n) is 3.07. The molecule has 0 aliphatic carbocycles. The molecule has 6 heteroatoms. The first-order chi connectivity index (χ1) is 13.3. The topological polar surface area (TPSA) is 67.6 Å². The highest BCUT2D eigenvalue weighted by atomic mass is 16.5.